The fourth-order valence-electron chi connectivity index (χ4n) is 1.92. The maximum absolute atomic E-state index is 13.1. The van der Waals surface area contributed by atoms with Crippen molar-refractivity contribution in [1.82, 2.24) is 4.98 Å². The van der Waals surface area contributed by atoms with Gasteiger partial charge in [0, 0.05) is 11.1 Å². The number of ether oxygens (including phenoxy) is 1. The van der Waals surface area contributed by atoms with Crippen molar-refractivity contribution in [2.45, 2.75) is 6.61 Å². The van der Waals surface area contributed by atoms with Crippen molar-refractivity contribution in [2.24, 2.45) is 0 Å². The van der Waals surface area contributed by atoms with Crippen LogP contribution in [0.5, 0.6) is 5.75 Å². The molecule has 1 heterocycles. The van der Waals surface area contributed by atoms with Crippen molar-refractivity contribution in [2.75, 3.05) is 5.32 Å². The zero-order valence-electron chi connectivity index (χ0n) is 12.3. The summed E-state index contributed by atoms with van der Waals surface area (Å²) in [5.41, 5.74) is 0.582. The van der Waals surface area contributed by atoms with Crippen LogP contribution in [-0.2, 0) is 6.61 Å². The van der Waals surface area contributed by atoms with Crippen LogP contribution in [0, 0.1) is 11.6 Å². The smallest absolute Gasteiger partial charge is 0.275 e. The first-order valence-corrected chi connectivity index (χ1v) is 7.88. The van der Waals surface area contributed by atoms with Gasteiger partial charge in [0.15, 0.2) is 0 Å². The molecule has 2 aromatic carbocycles. The number of halogens is 2. The second-order valence-electron chi connectivity index (χ2n) is 4.83. The summed E-state index contributed by atoms with van der Waals surface area (Å²) in [5, 5.41) is 4.77. The van der Waals surface area contributed by atoms with Crippen molar-refractivity contribution in [3.63, 3.8) is 0 Å². The van der Waals surface area contributed by atoms with Gasteiger partial charge in [-0.25, -0.2) is 13.8 Å². The van der Waals surface area contributed by atoms with E-state index in [1.54, 1.807) is 11.4 Å². The van der Waals surface area contributed by atoms with E-state index in [1.165, 1.54) is 53.8 Å². The molecule has 0 aliphatic heterocycles. The molecule has 0 saturated carbocycles. The third kappa shape index (κ3) is 4.14. The van der Waals surface area contributed by atoms with Crippen molar-refractivity contribution in [1.29, 1.82) is 0 Å². The molecule has 0 aliphatic carbocycles. The van der Waals surface area contributed by atoms with Gasteiger partial charge in [-0.15, -0.1) is 11.3 Å². The molecule has 4 nitrogen and oxygen atoms in total. The summed E-state index contributed by atoms with van der Waals surface area (Å²) in [7, 11) is 0. The molecular weight excluding hydrogens is 334 g/mol. The SMILES string of the molecule is O=C(Nc1cccc(F)c1)c1csc(COc2ccc(F)cc2)n1. The van der Waals surface area contributed by atoms with E-state index >= 15 is 0 Å². The van der Waals surface area contributed by atoms with E-state index in [-0.39, 0.29) is 18.1 Å². The Hall–Kier alpha value is -2.80. The van der Waals surface area contributed by atoms with Crippen LogP contribution < -0.4 is 10.1 Å². The molecule has 0 saturated heterocycles. The number of thiazole rings is 1. The minimum atomic E-state index is -0.431. The standard InChI is InChI=1S/C17H12F2N2O2S/c18-11-4-6-14(7-5-11)23-9-16-21-15(10-24-16)17(22)20-13-3-1-2-12(19)8-13/h1-8,10H,9H2,(H,20,22). The number of nitrogens with zero attached hydrogens (tertiary/aromatic N) is 1. The number of hydrogen-bond donors (Lipinski definition) is 1. The number of benzene rings is 2. The zero-order valence-corrected chi connectivity index (χ0v) is 13.1. The quantitative estimate of drug-likeness (QED) is 0.751. The van der Waals surface area contributed by atoms with E-state index < -0.39 is 11.7 Å². The Morgan fingerprint density at radius 3 is 2.67 bits per heavy atom. The van der Waals surface area contributed by atoms with Crippen LogP contribution in [-0.4, -0.2) is 10.9 Å². The lowest BCUT2D eigenvalue weighted by molar-refractivity contribution is 0.102. The summed E-state index contributed by atoms with van der Waals surface area (Å²) in [6.07, 6.45) is 0. The maximum Gasteiger partial charge on any atom is 0.275 e. The Morgan fingerprint density at radius 1 is 1.12 bits per heavy atom. The lowest BCUT2D eigenvalue weighted by atomic mass is 10.3. The molecule has 1 N–H and O–H groups in total. The van der Waals surface area contributed by atoms with Crippen LogP contribution in [0.3, 0.4) is 0 Å². The predicted octanol–water partition coefficient (Wildman–Crippen LogP) is 4.25. The van der Waals surface area contributed by atoms with E-state index in [2.05, 4.69) is 10.3 Å². The van der Waals surface area contributed by atoms with Crippen molar-refractivity contribution in [3.8, 4) is 5.75 Å². The number of anilines is 1. The topological polar surface area (TPSA) is 51.2 Å². The summed E-state index contributed by atoms with van der Waals surface area (Å²) in [6.45, 7) is 0.170. The molecule has 1 amide bonds. The molecule has 0 atom stereocenters. The number of carbonyl (C=O) groups is 1. The monoisotopic (exact) mass is 346 g/mol. The van der Waals surface area contributed by atoms with Crippen LogP contribution >= 0.6 is 11.3 Å². The summed E-state index contributed by atoms with van der Waals surface area (Å²) in [5.74, 6) is -0.686. The van der Waals surface area contributed by atoms with E-state index in [0.29, 0.717) is 16.4 Å². The summed E-state index contributed by atoms with van der Waals surface area (Å²) in [4.78, 5) is 16.3. The van der Waals surface area contributed by atoms with Gasteiger partial charge in [0.25, 0.3) is 5.91 Å². The molecule has 3 rings (SSSR count). The lowest BCUT2D eigenvalue weighted by Gasteiger charge is -2.04. The van der Waals surface area contributed by atoms with Gasteiger partial charge in [-0.3, -0.25) is 4.79 Å². The maximum atomic E-state index is 13.1. The highest BCUT2D eigenvalue weighted by molar-refractivity contribution is 7.09. The number of nitrogens with one attached hydrogen (secondary N) is 1. The first kappa shape index (κ1) is 16.1. The minimum absolute atomic E-state index is 0.170. The van der Waals surface area contributed by atoms with Crippen molar-refractivity contribution < 1.29 is 18.3 Å². The van der Waals surface area contributed by atoms with E-state index in [4.69, 9.17) is 4.74 Å². The molecule has 122 valence electrons. The lowest BCUT2D eigenvalue weighted by Crippen LogP contribution is -2.12. The molecule has 0 aliphatic rings. The fourth-order valence-corrected chi connectivity index (χ4v) is 2.60. The fraction of sp³-hybridized carbons (Fsp3) is 0.0588. The highest BCUT2D eigenvalue weighted by Crippen LogP contribution is 2.17. The number of carbonyl (C=O) groups excluding carboxylic acids is 1. The molecule has 7 heteroatoms. The molecule has 0 fully saturated rings. The summed E-state index contributed by atoms with van der Waals surface area (Å²) in [6, 6.07) is 11.2. The van der Waals surface area contributed by atoms with Gasteiger partial charge >= 0.3 is 0 Å². The van der Waals surface area contributed by atoms with Gasteiger partial charge in [0.05, 0.1) is 0 Å². The van der Waals surface area contributed by atoms with Gasteiger partial charge in [0.1, 0.15) is 34.7 Å². The second kappa shape index (κ2) is 7.18. The average Bonchev–Trinajstić information content (AvgIpc) is 3.03. The first-order valence-electron chi connectivity index (χ1n) is 7.00. The Bertz CT molecular complexity index is 850. The van der Waals surface area contributed by atoms with Crippen molar-refractivity contribution in [3.05, 3.63) is 76.2 Å². The molecule has 0 bridgehead atoms. The molecule has 3 aromatic rings. The normalized spacial score (nSPS) is 10.4. The Morgan fingerprint density at radius 2 is 1.92 bits per heavy atom. The minimum Gasteiger partial charge on any atom is -0.486 e. The van der Waals surface area contributed by atoms with E-state index in [9.17, 15) is 13.6 Å². The first-order chi connectivity index (χ1) is 11.6. The van der Waals surface area contributed by atoms with Gasteiger partial charge in [-0.2, -0.15) is 0 Å². The molecule has 24 heavy (non-hydrogen) atoms. The van der Waals surface area contributed by atoms with Gasteiger partial charge in [-0.05, 0) is 42.5 Å². The van der Waals surface area contributed by atoms with Crippen molar-refractivity contribution >= 4 is 22.9 Å². The van der Waals surface area contributed by atoms with Crippen LogP contribution in [0.1, 0.15) is 15.5 Å². The van der Waals surface area contributed by atoms with Crippen LogP contribution in [0.4, 0.5) is 14.5 Å². The number of hydrogen-bond acceptors (Lipinski definition) is 4. The molecule has 0 spiro atoms. The Kier molecular flexibility index (Phi) is 4.81. The third-order valence-electron chi connectivity index (χ3n) is 3.04. The highest BCUT2D eigenvalue weighted by Gasteiger charge is 2.12. The predicted molar refractivity (Wildman–Crippen MR) is 87.2 cm³/mol. The van der Waals surface area contributed by atoms with Crippen LogP contribution in [0.2, 0.25) is 0 Å². The number of aromatic nitrogens is 1. The third-order valence-corrected chi connectivity index (χ3v) is 3.87. The summed E-state index contributed by atoms with van der Waals surface area (Å²) < 4.78 is 31.4. The van der Waals surface area contributed by atoms with Gasteiger partial charge < -0.3 is 10.1 Å². The second-order valence-corrected chi connectivity index (χ2v) is 5.78. The average molecular weight is 346 g/mol. The van der Waals surface area contributed by atoms with Crippen LogP contribution in [0.15, 0.2) is 53.9 Å². The van der Waals surface area contributed by atoms with Gasteiger partial charge in [0.2, 0.25) is 0 Å². The molecule has 1 aromatic heterocycles. The highest BCUT2D eigenvalue weighted by atomic mass is 32.1. The number of amides is 1. The molecular formula is C17H12F2N2O2S. The summed E-state index contributed by atoms with van der Waals surface area (Å²) >= 11 is 1.27. The Balaban J connectivity index is 1.60. The van der Waals surface area contributed by atoms with E-state index in [1.807, 2.05) is 0 Å². The zero-order chi connectivity index (χ0) is 16.9. The largest absolute Gasteiger partial charge is 0.486 e. The molecule has 0 radical (unpaired) electrons. The van der Waals surface area contributed by atoms with Gasteiger partial charge in [-0.1, -0.05) is 6.07 Å². The Labute approximate surface area is 140 Å². The van der Waals surface area contributed by atoms with E-state index in [0.717, 1.165) is 0 Å². The van der Waals surface area contributed by atoms with Crippen LogP contribution in [0.25, 0.3) is 0 Å². The number of rotatable bonds is 5. The molecule has 0 unspecified atom stereocenters.